The number of carbonyl (C=O) groups is 1. The third-order valence-electron chi connectivity index (χ3n) is 3.82. The molecular formula is C19H18N8O. The summed E-state index contributed by atoms with van der Waals surface area (Å²) in [4.78, 5) is 29.6. The van der Waals surface area contributed by atoms with Gasteiger partial charge in [0.1, 0.15) is 23.5 Å². The lowest BCUT2D eigenvalue weighted by Crippen LogP contribution is -2.35. The van der Waals surface area contributed by atoms with Gasteiger partial charge in [-0.1, -0.05) is 17.9 Å². The van der Waals surface area contributed by atoms with Crippen molar-refractivity contribution in [2.45, 2.75) is 13.5 Å². The van der Waals surface area contributed by atoms with E-state index in [4.69, 9.17) is 17.2 Å². The molecule has 6 N–H and O–H groups in total. The number of anilines is 3. The van der Waals surface area contributed by atoms with Crippen LogP contribution >= 0.6 is 0 Å². The molecule has 0 unspecified atom stereocenters. The zero-order valence-corrected chi connectivity index (χ0v) is 15.1. The van der Waals surface area contributed by atoms with E-state index in [0.717, 1.165) is 5.69 Å². The Bertz CT molecular complexity index is 1050. The number of nitrogens with two attached hydrogens (primary N) is 3. The molecule has 2 heterocycles. The Hall–Kier alpha value is -4.19. The molecule has 0 saturated heterocycles. The second-order valence-electron chi connectivity index (χ2n) is 5.89. The summed E-state index contributed by atoms with van der Waals surface area (Å²) >= 11 is 0. The van der Waals surface area contributed by atoms with Crippen LogP contribution in [-0.4, -0.2) is 26.0 Å². The van der Waals surface area contributed by atoms with Gasteiger partial charge >= 0.3 is 6.03 Å². The van der Waals surface area contributed by atoms with E-state index >= 15 is 0 Å². The second-order valence-corrected chi connectivity index (χ2v) is 5.89. The van der Waals surface area contributed by atoms with Crippen LogP contribution in [0.3, 0.4) is 0 Å². The fourth-order valence-corrected chi connectivity index (χ4v) is 2.39. The summed E-state index contributed by atoms with van der Waals surface area (Å²) in [5.74, 6) is 6.22. The smallest absolute Gasteiger partial charge is 0.319 e. The maximum Gasteiger partial charge on any atom is 0.319 e. The molecule has 2 amide bonds. The Labute approximate surface area is 161 Å². The summed E-state index contributed by atoms with van der Waals surface area (Å²) in [6.45, 7) is 2.02. The molecule has 140 valence electrons. The Morgan fingerprint density at radius 2 is 1.82 bits per heavy atom. The minimum absolute atomic E-state index is 0.186. The van der Waals surface area contributed by atoms with Crippen LogP contribution in [0.25, 0.3) is 0 Å². The van der Waals surface area contributed by atoms with Crippen LogP contribution in [0.2, 0.25) is 0 Å². The first-order valence-electron chi connectivity index (χ1n) is 8.26. The van der Waals surface area contributed by atoms with Crippen LogP contribution in [-0.2, 0) is 6.54 Å². The first-order valence-corrected chi connectivity index (χ1v) is 8.26. The van der Waals surface area contributed by atoms with Crippen molar-refractivity contribution in [2.24, 2.45) is 5.73 Å². The molecule has 0 radical (unpaired) electrons. The van der Waals surface area contributed by atoms with Crippen LogP contribution < -0.4 is 22.1 Å². The standard InChI is InChI=1S/C19H18N8O/c1-12-8-24-14(9-23-12)10-27(19(22)28)15-4-2-3-13(7-15)5-6-16-17(20)25-11-26-18(16)21/h2-4,7-9,11H,10H2,1H3,(H2,22,28)(H4,20,21,25,26). The molecule has 28 heavy (non-hydrogen) atoms. The molecule has 3 aromatic rings. The van der Waals surface area contributed by atoms with Gasteiger partial charge in [-0.25, -0.2) is 14.8 Å². The van der Waals surface area contributed by atoms with E-state index in [1.807, 2.05) is 6.92 Å². The maximum absolute atomic E-state index is 12.0. The van der Waals surface area contributed by atoms with Crippen molar-refractivity contribution in [3.63, 3.8) is 0 Å². The molecule has 0 bridgehead atoms. The van der Waals surface area contributed by atoms with Gasteiger partial charge in [0, 0.05) is 17.4 Å². The van der Waals surface area contributed by atoms with Crippen molar-refractivity contribution >= 4 is 23.4 Å². The lowest BCUT2D eigenvalue weighted by atomic mass is 10.1. The van der Waals surface area contributed by atoms with Crippen molar-refractivity contribution in [1.82, 2.24) is 19.9 Å². The van der Waals surface area contributed by atoms with E-state index < -0.39 is 6.03 Å². The van der Waals surface area contributed by atoms with Crippen molar-refractivity contribution in [2.75, 3.05) is 16.4 Å². The number of benzene rings is 1. The molecule has 2 aromatic heterocycles. The van der Waals surface area contributed by atoms with Gasteiger partial charge in [-0.05, 0) is 25.1 Å². The zero-order valence-electron chi connectivity index (χ0n) is 15.1. The van der Waals surface area contributed by atoms with Gasteiger partial charge in [0.2, 0.25) is 0 Å². The van der Waals surface area contributed by atoms with Gasteiger partial charge in [-0.2, -0.15) is 0 Å². The zero-order chi connectivity index (χ0) is 20.1. The number of hydrogen-bond acceptors (Lipinski definition) is 7. The van der Waals surface area contributed by atoms with Gasteiger partial charge in [0.05, 0.1) is 24.1 Å². The molecule has 0 aliphatic rings. The largest absolute Gasteiger partial charge is 0.382 e. The number of hydrogen-bond donors (Lipinski definition) is 3. The summed E-state index contributed by atoms with van der Waals surface area (Å²) in [7, 11) is 0. The van der Waals surface area contributed by atoms with Crippen LogP contribution in [0.5, 0.6) is 0 Å². The highest BCUT2D eigenvalue weighted by Gasteiger charge is 2.14. The Morgan fingerprint density at radius 1 is 1.07 bits per heavy atom. The van der Waals surface area contributed by atoms with E-state index in [0.29, 0.717) is 22.5 Å². The average molecular weight is 374 g/mol. The summed E-state index contributed by atoms with van der Waals surface area (Å²) in [6.07, 6.45) is 4.51. The normalized spacial score (nSPS) is 10.0. The number of carbonyl (C=O) groups excluding carboxylic acids is 1. The molecule has 0 spiro atoms. The van der Waals surface area contributed by atoms with Crippen molar-refractivity contribution in [3.8, 4) is 11.8 Å². The van der Waals surface area contributed by atoms with Crippen LogP contribution in [0.4, 0.5) is 22.1 Å². The minimum Gasteiger partial charge on any atom is -0.382 e. The Kier molecular flexibility index (Phi) is 5.32. The third kappa shape index (κ3) is 4.31. The minimum atomic E-state index is -0.613. The van der Waals surface area contributed by atoms with Crippen LogP contribution in [0.1, 0.15) is 22.5 Å². The molecule has 0 aliphatic carbocycles. The molecule has 9 nitrogen and oxygen atoms in total. The van der Waals surface area contributed by atoms with Crippen LogP contribution in [0.15, 0.2) is 43.0 Å². The van der Waals surface area contributed by atoms with Crippen LogP contribution in [0, 0.1) is 18.8 Å². The second kappa shape index (κ2) is 8.01. The fraction of sp³-hybridized carbons (Fsp3) is 0.105. The number of primary amides is 1. The number of aryl methyl sites for hydroxylation is 1. The lowest BCUT2D eigenvalue weighted by molar-refractivity contribution is 0.253. The molecule has 9 heteroatoms. The summed E-state index contributed by atoms with van der Waals surface area (Å²) in [5, 5.41) is 0. The van der Waals surface area contributed by atoms with E-state index in [2.05, 4.69) is 31.8 Å². The van der Waals surface area contributed by atoms with Crippen molar-refractivity contribution in [1.29, 1.82) is 0 Å². The monoisotopic (exact) mass is 374 g/mol. The van der Waals surface area contributed by atoms with E-state index in [1.165, 1.54) is 11.2 Å². The van der Waals surface area contributed by atoms with Gasteiger partial charge in [-0.3, -0.25) is 14.9 Å². The molecule has 1 aromatic carbocycles. The summed E-state index contributed by atoms with van der Waals surface area (Å²) < 4.78 is 0. The highest BCUT2D eigenvalue weighted by molar-refractivity contribution is 5.90. The van der Waals surface area contributed by atoms with E-state index in [1.54, 1.807) is 36.7 Å². The van der Waals surface area contributed by atoms with Gasteiger partial charge in [0.15, 0.2) is 0 Å². The highest BCUT2D eigenvalue weighted by atomic mass is 16.2. The number of nitrogen functional groups attached to an aromatic ring is 2. The lowest BCUT2D eigenvalue weighted by Gasteiger charge is -2.20. The van der Waals surface area contributed by atoms with Crippen molar-refractivity contribution in [3.05, 3.63) is 65.5 Å². The van der Waals surface area contributed by atoms with Gasteiger partial charge in [0.25, 0.3) is 0 Å². The molecule has 0 saturated carbocycles. The number of amides is 2. The predicted molar refractivity (Wildman–Crippen MR) is 106 cm³/mol. The van der Waals surface area contributed by atoms with Gasteiger partial charge in [-0.15, -0.1) is 0 Å². The Balaban J connectivity index is 1.89. The molecule has 3 rings (SSSR count). The number of urea groups is 1. The predicted octanol–water partition coefficient (Wildman–Crippen LogP) is 1.22. The molecular weight excluding hydrogens is 356 g/mol. The fourth-order valence-electron chi connectivity index (χ4n) is 2.39. The quantitative estimate of drug-likeness (QED) is 0.583. The number of aromatic nitrogens is 4. The molecule has 0 atom stereocenters. The van der Waals surface area contributed by atoms with E-state index in [-0.39, 0.29) is 18.2 Å². The molecule has 0 fully saturated rings. The summed E-state index contributed by atoms with van der Waals surface area (Å²) in [5.41, 5.74) is 20.1. The Morgan fingerprint density at radius 3 is 2.46 bits per heavy atom. The SMILES string of the molecule is Cc1cnc(CN(C(N)=O)c2cccc(C#Cc3c(N)ncnc3N)c2)cn1. The topological polar surface area (TPSA) is 150 Å². The third-order valence-corrected chi connectivity index (χ3v) is 3.82. The highest BCUT2D eigenvalue weighted by Crippen LogP contribution is 2.18. The summed E-state index contributed by atoms with van der Waals surface area (Å²) in [6, 6.07) is 6.43. The number of nitrogens with zero attached hydrogens (tertiary/aromatic N) is 5. The van der Waals surface area contributed by atoms with Gasteiger partial charge < -0.3 is 17.2 Å². The first kappa shape index (κ1) is 18.6. The van der Waals surface area contributed by atoms with E-state index in [9.17, 15) is 4.79 Å². The molecule has 0 aliphatic heterocycles. The maximum atomic E-state index is 12.0. The average Bonchev–Trinajstić information content (AvgIpc) is 2.67. The first-order chi connectivity index (χ1) is 13.4. The van der Waals surface area contributed by atoms with Crippen molar-refractivity contribution < 1.29 is 4.79 Å². The number of rotatable bonds is 3.